The van der Waals surface area contributed by atoms with Gasteiger partial charge in [-0.2, -0.15) is 0 Å². The second-order valence-electron chi connectivity index (χ2n) is 4.76. The zero-order chi connectivity index (χ0) is 13.6. The van der Waals surface area contributed by atoms with Crippen molar-refractivity contribution in [2.75, 3.05) is 26.8 Å². The summed E-state index contributed by atoms with van der Waals surface area (Å²) in [7, 11) is 1.49. The number of carboxylic acid groups (broad SMARTS) is 1. The standard InChI is InChI=1S/C13H21NO4/c1-3-4-6-11(15)14-8-5-7-13(9-14,10-18-2)12(16)17/h3H,1,4-10H2,2H3,(H,16,17). The van der Waals surface area contributed by atoms with Crippen LogP contribution in [0.5, 0.6) is 0 Å². The van der Waals surface area contributed by atoms with Gasteiger partial charge in [-0.3, -0.25) is 9.59 Å². The van der Waals surface area contributed by atoms with Gasteiger partial charge in [0.2, 0.25) is 5.91 Å². The van der Waals surface area contributed by atoms with E-state index < -0.39 is 11.4 Å². The number of hydrogen-bond acceptors (Lipinski definition) is 3. The number of carbonyl (C=O) groups excluding carboxylic acids is 1. The van der Waals surface area contributed by atoms with Crippen molar-refractivity contribution in [1.82, 2.24) is 4.90 Å². The zero-order valence-electron chi connectivity index (χ0n) is 10.9. The minimum absolute atomic E-state index is 0.00340. The largest absolute Gasteiger partial charge is 0.481 e. The molecule has 1 fully saturated rings. The van der Waals surface area contributed by atoms with E-state index in [1.165, 1.54) is 7.11 Å². The molecule has 0 aromatic rings. The van der Waals surface area contributed by atoms with Gasteiger partial charge in [0.05, 0.1) is 6.61 Å². The Morgan fingerprint density at radius 3 is 2.83 bits per heavy atom. The molecule has 0 spiro atoms. The normalized spacial score (nSPS) is 23.7. The molecule has 1 N–H and O–H groups in total. The fourth-order valence-corrected chi connectivity index (χ4v) is 2.36. The van der Waals surface area contributed by atoms with Crippen molar-refractivity contribution in [2.24, 2.45) is 5.41 Å². The van der Waals surface area contributed by atoms with E-state index in [1.54, 1.807) is 11.0 Å². The molecule has 1 aliphatic heterocycles. The van der Waals surface area contributed by atoms with Gasteiger partial charge in [-0.15, -0.1) is 6.58 Å². The van der Waals surface area contributed by atoms with Crippen LogP contribution in [0.15, 0.2) is 12.7 Å². The van der Waals surface area contributed by atoms with Gasteiger partial charge in [-0.25, -0.2) is 0 Å². The van der Waals surface area contributed by atoms with E-state index in [2.05, 4.69) is 6.58 Å². The number of carbonyl (C=O) groups is 2. The minimum atomic E-state index is -0.948. The smallest absolute Gasteiger partial charge is 0.313 e. The average molecular weight is 255 g/mol. The van der Waals surface area contributed by atoms with Gasteiger partial charge in [0.1, 0.15) is 5.41 Å². The van der Waals surface area contributed by atoms with Crippen molar-refractivity contribution in [3.63, 3.8) is 0 Å². The number of piperidine rings is 1. The molecule has 0 aliphatic carbocycles. The third-order valence-corrected chi connectivity index (χ3v) is 3.37. The Balaban J connectivity index is 2.71. The molecule has 1 heterocycles. The number of nitrogens with zero attached hydrogens (tertiary/aromatic N) is 1. The molecule has 1 rings (SSSR count). The number of allylic oxidation sites excluding steroid dienone is 1. The van der Waals surface area contributed by atoms with Gasteiger partial charge in [0.25, 0.3) is 0 Å². The second kappa shape index (κ2) is 6.54. The summed E-state index contributed by atoms with van der Waals surface area (Å²) in [5.74, 6) is -0.887. The molecule has 0 radical (unpaired) electrons. The Labute approximate surface area is 107 Å². The Morgan fingerprint density at radius 1 is 1.56 bits per heavy atom. The summed E-state index contributed by atoms with van der Waals surface area (Å²) in [6, 6.07) is 0. The maximum Gasteiger partial charge on any atom is 0.313 e. The Morgan fingerprint density at radius 2 is 2.28 bits per heavy atom. The SMILES string of the molecule is C=CCCC(=O)N1CCCC(COC)(C(=O)O)C1. The zero-order valence-corrected chi connectivity index (χ0v) is 10.9. The number of likely N-dealkylation sites (tertiary alicyclic amines) is 1. The molecular weight excluding hydrogens is 234 g/mol. The van der Waals surface area contributed by atoms with Gasteiger partial charge in [-0.05, 0) is 19.3 Å². The predicted octanol–water partition coefficient (Wildman–Crippen LogP) is 1.29. The van der Waals surface area contributed by atoms with Gasteiger partial charge < -0.3 is 14.7 Å². The number of amides is 1. The quantitative estimate of drug-likeness (QED) is 0.726. The number of hydrogen-bond donors (Lipinski definition) is 1. The topological polar surface area (TPSA) is 66.8 Å². The van der Waals surface area contributed by atoms with Gasteiger partial charge in [0, 0.05) is 26.6 Å². The first-order chi connectivity index (χ1) is 8.55. The van der Waals surface area contributed by atoms with Crippen LogP contribution >= 0.6 is 0 Å². The van der Waals surface area contributed by atoms with Crippen molar-refractivity contribution in [3.8, 4) is 0 Å². The van der Waals surface area contributed by atoms with E-state index in [0.29, 0.717) is 32.2 Å². The van der Waals surface area contributed by atoms with E-state index >= 15 is 0 Å². The number of methoxy groups -OCH3 is 1. The lowest BCUT2D eigenvalue weighted by Crippen LogP contribution is -2.52. The Hall–Kier alpha value is -1.36. The van der Waals surface area contributed by atoms with E-state index in [-0.39, 0.29) is 19.1 Å². The lowest BCUT2D eigenvalue weighted by Gasteiger charge is -2.39. The van der Waals surface area contributed by atoms with E-state index in [9.17, 15) is 14.7 Å². The van der Waals surface area contributed by atoms with Crippen molar-refractivity contribution < 1.29 is 19.4 Å². The summed E-state index contributed by atoms with van der Waals surface area (Å²) < 4.78 is 5.02. The van der Waals surface area contributed by atoms with Crippen LogP contribution in [0.25, 0.3) is 0 Å². The first-order valence-corrected chi connectivity index (χ1v) is 6.17. The fraction of sp³-hybridized carbons (Fsp3) is 0.692. The molecule has 1 amide bonds. The first-order valence-electron chi connectivity index (χ1n) is 6.17. The molecule has 1 unspecified atom stereocenters. The molecule has 5 heteroatoms. The lowest BCUT2D eigenvalue weighted by atomic mass is 9.80. The molecule has 18 heavy (non-hydrogen) atoms. The number of rotatable bonds is 6. The van der Waals surface area contributed by atoms with E-state index in [1.807, 2.05) is 0 Å². The van der Waals surface area contributed by atoms with Crippen LogP contribution in [0.1, 0.15) is 25.7 Å². The summed E-state index contributed by atoms with van der Waals surface area (Å²) in [5.41, 5.74) is -0.948. The van der Waals surface area contributed by atoms with E-state index in [4.69, 9.17) is 4.74 Å². The summed E-state index contributed by atoms with van der Waals surface area (Å²) in [6.45, 7) is 4.60. The summed E-state index contributed by atoms with van der Waals surface area (Å²) >= 11 is 0. The molecule has 1 aliphatic rings. The number of ether oxygens (including phenoxy) is 1. The number of carboxylic acids is 1. The highest BCUT2D eigenvalue weighted by Gasteiger charge is 2.43. The number of aliphatic carboxylic acids is 1. The summed E-state index contributed by atoms with van der Waals surface area (Å²) in [5, 5.41) is 9.36. The molecular formula is C13H21NO4. The molecule has 0 aromatic carbocycles. The first kappa shape index (κ1) is 14.7. The van der Waals surface area contributed by atoms with Crippen molar-refractivity contribution in [2.45, 2.75) is 25.7 Å². The van der Waals surface area contributed by atoms with Crippen LogP contribution in [-0.2, 0) is 14.3 Å². The monoisotopic (exact) mass is 255 g/mol. The summed E-state index contributed by atoms with van der Waals surface area (Å²) in [6.07, 6.45) is 3.98. The van der Waals surface area contributed by atoms with Crippen LogP contribution in [0.3, 0.4) is 0 Å². The molecule has 1 saturated heterocycles. The van der Waals surface area contributed by atoms with E-state index in [0.717, 1.165) is 0 Å². The summed E-state index contributed by atoms with van der Waals surface area (Å²) in [4.78, 5) is 25.0. The average Bonchev–Trinajstić information content (AvgIpc) is 2.36. The van der Waals surface area contributed by atoms with Crippen molar-refractivity contribution in [3.05, 3.63) is 12.7 Å². The minimum Gasteiger partial charge on any atom is -0.481 e. The third kappa shape index (κ3) is 3.32. The highest BCUT2D eigenvalue weighted by atomic mass is 16.5. The molecule has 1 atom stereocenters. The van der Waals surface area contributed by atoms with Crippen molar-refractivity contribution >= 4 is 11.9 Å². The van der Waals surface area contributed by atoms with Crippen molar-refractivity contribution in [1.29, 1.82) is 0 Å². The van der Waals surface area contributed by atoms with Crippen LogP contribution in [0, 0.1) is 5.41 Å². The lowest BCUT2D eigenvalue weighted by molar-refractivity contribution is -0.159. The fourth-order valence-electron chi connectivity index (χ4n) is 2.36. The van der Waals surface area contributed by atoms with Crippen LogP contribution in [0.2, 0.25) is 0 Å². The maximum atomic E-state index is 11.9. The Bertz CT molecular complexity index is 325. The van der Waals surface area contributed by atoms with Gasteiger partial charge >= 0.3 is 5.97 Å². The molecule has 0 bridgehead atoms. The molecule has 0 aromatic heterocycles. The third-order valence-electron chi connectivity index (χ3n) is 3.37. The second-order valence-corrected chi connectivity index (χ2v) is 4.76. The Kier molecular flexibility index (Phi) is 5.34. The van der Waals surface area contributed by atoms with Crippen LogP contribution < -0.4 is 0 Å². The van der Waals surface area contributed by atoms with Gasteiger partial charge in [-0.1, -0.05) is 6.08 Å². The molecule has 0 saturated carbocycles. The van der Waals surface area contributed by atoms with Gasteiger partial charge in [0.15, 0.2) is 0 Å². The highest BCUT2D eigenvalue weighted by Crippen LogP contribution is 2.31. The van der Waals surface area contributed by atoms with Crippen LogP contribution in [0.4, 0.5) is 0 Å². The molecule has 102 valence electrons. The highest BCUT2D eigenvalue weighted by molar-refractivity contribution is 5.80. The van der Waals surface area contributed by atoms with Crippen LogP contribution in [-0.4, -0.2) is 48.7 Å². The molecule has 5 nitrogen and oxygen atoms in total. The maximum absolute atomic E-state index is 11.9. The predicted molar refractivity (Wildman–Crippen MR) is 67.2 cm³/mol.